The summed E-state index contributed by atoms with van der Waals surface area (Å²) in [5.41, 5.74) is -2.34. The van der Waals surface area contributed by atoms with Crippen molar-refractivity contribution in [3.05, 3.63) is 59.4 Å². The van der Waals surface area contributed by atoms with E-state index in [-0.39, 0.29) is 36.6 Å². The summed E-state index contributed by atoms with van der Waals surface area (Å²) in [4.78, 5) is 2.86. The van der Waals surface area contributed by atoms with Crippen LogP contribution in [0.5, 0.6) is 11.8 Å². The van der Waals surface area contributed by atoms with Crippen molar-refractivity contribution in [1.82, 2.24) is 24.4 Å². The summed E-state index contributed by atoms with van der Waals surface area (Å²) >= 11 is 0. The van der Waals surface area contributed by atoms with Gasteiger partial charge in [-0.05, 0) is 51.2 Å². The average molecular weight is 607 g/mol. The van der Waals surface area contributed by atoms with Crippen LogP contribution >= 0.6 is 0 Å². The van der Waals surface area contributed by atoms with Crippen LogP contribution in [0, 0.1) is 0 Å². The second-order valence-electron chi connectivity index (χ2n) is 9.52. The molecule has 1 aliphatic heterocycles. The molecule has 0 aliphatic carbocycles. The summed E-state index contributed by atoms with van der Waals surface area (Å²) in [6, 6.07) is 6.22. The third kappa shape index (κ3) is 6.93. The number of hydrogen-bond acceptors (Lipinski definition) is 7. The van der Waals surface area contributed by atoms with E-state index in [1.165, 1.54) is 11.5 Å². The number of rotatable bonds is 8. The van der Waals surface area contributed by atoms with E-state index in [4.69, 9.17) is 4.74 Å². The summed E-state index contributed by atoms with van der Waals surface area (Å²) < 4.78 is 116. The number of piperazine rings is 1. The Bertz CT molecular complexity index is 1480. The maximum atomic E-state index is 13.5. The van der Waals surface area contributed by atoms with E-state index < -0.39 is 44.4 Å². The van der Waals surface area contributed by atoms with E-state index in [0.717, 1.165) is 31.9 Å². The molecular formula is C25H28F6N6O3S. The van der Waals surface area contributed by atoms with Crippen molar-refractivity contribution in [2.45, 2.75) is 43.7 Å². The largest absolute Gasteiger partial charge is 0.424 e. The van der Waals surface area contributed by atoms with Crippen LogP contribution in [0.2, 0.25) is 0 Å². The molecule has 4 rings (SSSR count). The number of aromatic nitrogens is 3. The van der Waals surface area contributed by atoms with Crippen LogP contribution in [0.4, 0.5) is 32.0 Å². The van der Waals surface area contributed by atoms with Crippen molar-refractivity contribution in [1.29, 1.82) is 0 Å². The van der Waals surface area contributed by atoms with Gasteiger partial charge in [-0.3, -0.25) is 4.57 Å². The van der Waals surface area contributed by atoms with Crippen molar-refractivity contribution in [2.75, 3.05) is 38.1 Å². The first-order chi connectivity index (χ1) is 19.1. The van der Waals surface area contributed by atoms with Crippen LogP contribution in [0.15, 0.2) is 47.4 Å². The van der Waals surface area contributed by atoms with Crippen LogP contribution < -0.4 is 14.4 Å². The fraction of sp³-hybridized carbons (Fsp3) is 0.440. The summed E-state index contributed by atoms with van der Waals surface area (Å²) in [7, 11) is -3.06. The maximum Gasteiger partial charge on any atom is 0.417 e. The fourth-order valence-electron chi connectivity index (χ4n) is 4.41. The number of alkyl halides is 6. The van der Waals surface area contributed by atoms with Crippen LogP contribution in [-0.4, -0.2) is 61.3 Å². The number of likely N-dealkylation sites (N-methyl/N-ethyl adjacent to an activating group) is 1. The fourth-order valence-corrected chi connectivity index (χ4v) is 5.86. The maximum absolute atomic E-state index is 13.5. The van der Waals surface area contributed by atoms with Crippen molar-refractivity contribution in [3.63, 3.8) is 0 Å². The number of ether oxygens (including phenoxy) is 1. The minimum absolute atomic E-state index is 0.000810. The van der Waals surface area contributed by atoms with Crippen molar-refractivity contribution in [3.8, 4) is 11.8 Å². The van der Waals surface area contributed by atoms with Gasteiger partial charge in [0.2, 0.25) is 10.0 Å². The van der Waals surface area contributed by atoms with E-state index in [9.17, 15) is 34.8 Å². The molecule has 0 bridgehead atoms. The Balaban J connectivity index is 1.59. The van der Waals surface area contributed by atoms with Crippen LogP contribution in [0.3, 0.4) is 0 Å². The van der Waals surface area contributed by atoms with Gasteiger partial charge < -0.3 is 14.5 Å². The van der Waals surface area contributed by atoms with Gasteiger partial charge in [-0.2, -0.15) is 26.3 Å². The number of nitrogens with zero attached hydrogens (tertiary/aromatic N) is 5. The summed E-state index contributed by atoms with van der Waals surface area (Å²) in [5.74, 6) is 0.420. The number of nitrogens with one attached hydrogen (secondary N) is 1. The molecule has 1 aromatic heterocycles. The zero-order valence-corrected chi connectivity index (χ0v) is 23.1. The summed E-state index contributed by atoms with van der Waals surface area (Å²) in [5, 5.41) is 7.92. The molecule has 16 heteroatoms. The minimum atomic E-state index is -5.22. The van der Waals surface area contributed by atoms with Gasteiger partial charge in [0, 0.05) is 44.5 Å². The molecule has 2 aromatic carbocycles. The van der Waals surface area contributed by atoms with E-state index >= 15 is 0 Å². The number of anilines is 1. The first kappa shape index (κ1) is 30.6. The Morgan fingerprint density at radius 2 is 1.66 bits per heavy atom. The number of halogens is 6. The van der Waals surface area contributed by atoms with Crippen molar-refractivity contribution in [2.24, 2.45) is 0 Å². The predicted octanol–water partition coefficient (Wildman–Crippen LogP) is 4.92. The van der Waals surface area contributed by atoms with Gasteiger partial charge in [0.1, 0.15) is 5.75 Å². The number of benzene rings is 2. The molecule has 0 radical (unpaired) electrons. The van der Waals surface area contributed by atoms with Gasteiger partial charge in [-0.25, -0.2) is 13.1 Å². The molecule has 0 saturated carbocycles. The standard InChI is InChI=1S/C25H28F6N6O3S/c1-4-37-22(32-33-23(37)40-19-7-5-6-18(15-19)36-12-10-35(3)11-13-36)16(2)34-41(38,39)21-14-17(24(26,27)28)8-9-20(21)25(29,30)31/h5-9,14-16,34H,4,10-13H2,1-3H3/t16-/m1/s1. The van der Waals surface area contributed by atoms with Crippen molar-refractivity contribution < 1.29 is 39.5 Å². The highest BCUT2D eigenvalue weighted by atomic mass is 32.2. The zero-order chi connectivity index (χ0) is 30.2. The molecule has 3 aromatic rings. The molecule has 1 aliphatic rings. The molecule has 2 heterocycles. The molecule has 1 fully saturated rings. The minimum Gasteiger partial charge on any atom is -0.424 e. The molecule has 1 N–H and O–H groups in total. The van der Waals surface area contributed by atoms with E-state index in [2.05, 4.69) is 20.0 Å². The lowest BCUT2D eigenvalue weighted by molar-refractivity contribution is -0.143. The van der Waals surface area contributed by atoms with Gasteiger partial charge in [-0.1, -0.05) is 11.2 Å². The topological polar surface area (TPSA) is 92.6 Å². The second kappa shape index (κ2) is 11.5. The Labute approximate surface area is 232 Å². The van der Waals surface area contributed by atoms with Gasteiger partial charge in [-0.15, -0.1) is 5.10 Å². The van der Waals surface area contributed by atoms with Crippen LogP contribution in [0.25, 0.3) is 0 Å². The lowest BCUT2D eigenvalue weighted by Gasteiger charge is -2.34. The summed E-state index contributed by atoms with van der Waals surface area (Å²) in [6.45, 7) is 6.63. The van der Waals surface area contributed by atoms with Gasteiger partial charge in [0.15, 0.2) is 5.82 Å². The Morgan fingerprint density at radius 1 is 0.976 bits per heavy atom. The first-order valence-electron chi connectivity index (χ1n) is 12.6. The molecule has 224 valence electrons. The average Bonchev–Trinajstić information content (AvgIpc) is 3.30. The first-order valence-corrected chi connectivity index (χ1v) is 14.0. The highest BCUT2D eigenvalue weighted by molar-refractivity contribution is 7.89. The lowest BCUT2D eigenvalue weighted by Crippen LogP contribution is -2.44. The normalized spacial score (nSPS) is 16.2. The SMILES string of the molecule is CCn1c(Oc2cccc(N3CCN(C)CC3)c2)nnc1[C@@H](C)NS(=O)(=O)c1cc(C(F)(F)F)ccc1C(F)(F)F. The highest BCUT2D eigenvalue weighted by Gasteiger charge is 2.41. The van der Waals surface area contributed by atoms with Gasteiger partial charge in [0.05, 0.1) is 22.1 Å². The smallest absolute Gasteiger partial charge is 0.417 e. The molecule has 41 heavy (non-hydrogen) atoms. The molecule has 0 amide bonds. The van der Waals surface area contributed by atoms with Crippen molar-refractivity contribution >= 4 is 15.7 Å². The third-order valence-electron chi connectivity index (χ3n) is 6.58. The quantitative estimate of drug-likeness (QED) is 0.364. The van der Waals surface area contributed by atoms with Crippen LogP contribution in [0.1, 0.15) is 36.8 Å². The Hall–Kier alpha value is -3.37. The van der Waals surface area contributed by atoms with E-state index in [1.54, 1.807) is 19.1 Å². The monoisotopic (exact) mass is 606 g/mol. The number of sulfonamides is 1. The molecule has 1 atom stereocenters. The molecule has 1 saturated heterocycles. The van der Waals surface area contributed by atoms with Gasteiger partial charge >= 0.3 is 18.4 Å². The Kier molecular flexibility index (Phi) is 8.57. The molecular weight excluding hydrogens is 578 g/mol. The molecule has 0 spiro atoms. The third-order valence-corrected chi connectivity index (χ3v) is 8.16. The number of hydrogen-bond donors (Lipinski definition) is 1. The molecule has 9 nitrogen and oxygen atoms in total. The second-order valence-corrected chi connectivity index (χ2v) is 11.2. The zero-order valence-electron chi connectivity index (χ0n) is 22.3. The highest BCUT2D eigenvalue weighted by Crippen LogP contribution is 2.38. The Morgan fingerprint density at radius 3 is 2.27 bits per heavy atom. The molecule has 0 unspecified atom stereocenters. The predicted molar refractivity (Wildman–Crippen MR) is 137 cm³/mol. The summed E-state index contributed by atoms with van der Waals surface area (Å²) in [6.07, 6.45) is -10.3. The van der Waals surface area contributed by atoms with E-state index in [0.29, 0.717) is 5.75 Å². The lowest BCUT2D eigenvalue weighted by atomic mass is 10.1. The van der Waals surface area contributed by atoms with Gasteiger partial charge in [0.25, 0.3) is 0 Å². The van der Waals surface area contributed by atoms with Crippen LogP contribution in [-0.2, 0) is 28.9 Å². The van der Waals surface area contributed by atoms with E-state index in [1.807, 2.05) is 23.9 Å².